The lowest BCUT2D eigenvalue weighted by atomic mass is 10.2. The van der Waals surface area contributed by atoms with Crippen LogP contribution in [0.25, 0.3) is 0 Å². The van der Waals surface area contributed by atoms with Crippen molar-refractivity contribution in [2.24, 2.45) is 5.73 Å². The van der Waals surface area contributed by atoms with E-state index in [1.165, 1.54) is 0 Å². The van der Waals surface area contributed by atoms with E-state index in [2.05, 4.69) is 4.90 Å². The predicted octanol–water partition coefficient (Wildman–Crippen LogP) is 1.68. The van der Waals surface area contributed by atoms with Gasteiger partial charge >= 0.3 is 6.09 Å². The summed E-state index contributed by atoms with van der Waals surface area (Å²) in [5.74, 6) is 0. The molecule has 0 spiro atoms. The first-order chi connectivity index (χ1) is 10.2. The van der Waals surface area contributed by atoms with Crippen LogP contribution in [0.3, 0.4) is 0 Å². The molecule has 2 rings (SSSR count). The minimum Gasteiger partial charge on any atom is -0.445 e. The Morgan fingerprint density at radius 1 is 1.43 bits per heavy atom. The quantitative estimate of drug-likeness (QED) is 0.866. The molecule has 0 aliphatic carbocycles. The monoisotopic (exact) mass is 291 g/mol. The maximum absolute atomic E-state index is 12.3. The van der Waals surface area contributed by atoms with Crippen molar-refractivity contribution >= 4 is 6.09 Å². The smallest absolute Gasteiger partial charge is 0.410 e. The highest BCUT2D eigenvalue weighted by Crippen LogP contribution is 2.16. The van der Waals surface area contributed by atoms with E-state index in [-0.39, 0.29) is 12.1 Å². The topological polar surface area (TPSA) is 58.8 Å². The lowest BCUT2D eigenvalue weighted by Gasteiger charge is -2.27. The molecule has 0 unspecified atom stereocenters. The number of likely N-dealkylation sites (N-methyl/N-ethyl adjacent to an activating group) is 1. The molecule has 1 aromatic rings. The molecule has 1 heterocycles. The van der Waals surface area contributed by atoms with Crippen LogP contribution >= 0.6 is 0 Å². The van der Waals surface area contributed by atoms with E-state index in [0.29, 0.717) is 19.7 Å². The summed E-state index contributed by atoms with van der Waals surface area (Å²) in [4.78, 5) is 16.4. The summed E-state index contributed by atoms with van der Waals surface area (Å²) >= 11 is 0. The molecule has 1 amide bonds. The highest BCUT2D eigenvalue weighted by Gasteiger charge is 2.30. The molecule has 5 nitrogen and oxygen atoms in total. The Balaban J connectivity index is 1.84. The van der Waals surface area contributed by atoms with Gasteiger partial charge in [-0.05, 0) is 18.9 Å². The number of likely N-dealkylation sites (tertiary alicyclic amines) is 1. The molecule has 1 atom stereocenters. The van der Waals surface area contributed by atoms with Crippen molar-refractivity contribution in [2.75, 3.05) is 32.7 Å². The number of nitrogens with two attached hydrogens (primary N) is 1. The maximum Gasteiger partial charge on any atom is 0.410 e. The van der Waals surface area contributed by atoms with Crippen molar-refractivity contribution in [3.05, 3.63) is 35.9 Å². The van der Waals surface area contributed by atoms with E-state index in [0.717, 1.165) is 31.6 Å². The first kappa shape index (κ1) is 15.8. The van der Waals surface area contributed by atoms with E-state index in [1.54, 1.807) is 0 Å². The number of carbonyl (C=O) groups is 1. The third-order valence-electron chi connectivity index (χ3n) is 3.91. The van der Waals surface area contributed by atoms with Crippen molar-refractivity contribution < 1.29 is 9.53 Å². The van der Waals surface area contributed by atoms with Gasteiger partial charge in [-0.15, -0.1) is 0 Å². The maximum atomic E-state index is 12.3. The number of amides is 1. The lowest BCUT2D eigenvalue weighted by Crippen LogP contribution is -2.42. The molecule has 0 saturated carbocycles. The molecule has 2 N–H and O–H groups in total. The highest BCUT2D eigenvalue weighted by molar-refractivity contribution is 5.68. The number of rotatable bonds is 6. The Bertz CT molecular complexity index is 438. The third kappa shape index (κ3) is 4.44. The van der Waals surface area contributed by atoms with E-state index in [1.807, 2.05) is 42.2 Å². The van der Waals surface area contributed by atoms with Crippen LogP contribution < -0.4 is 5.73 Å². The largest absolute Gasteiger partial charge is 0.445 e. The SMILES string of the molecule is CCN(C(=O)OCc1ccccc1)[C@H]1CCN(CCN)C1. The Labute approximate surface area is 126 Å². The number of ether oxygens (including phenoxy) is 1. The Hall–Kier alpha value is -1.59. The first-order valence-electron chi connectivity index (χ1n) is 7.64. The summed E-state index contributed by atoms with van der Waals surface area (Å²) in [6.45, 7) is 6.46. The standard InChI is InChI=1S/C16H25N3O2/c1-2-19(15-8-10-18(12-15)11-9-17)16(20)21-13-14-6-4-3-5-7-14/h3-7,15H,2,8-13,17H2,1H3/t15-/m0/s1. The van der Waals surface area contributed by atoms with E-state index >= 15 is 0 Å². The minimum absolute atomic E-state index is 0.221. The van der Waals surface area contributed by atoms with Gasteiger partial charge < -0.3 is 15.4 Å². The van der Waals surface area contributed by atoms with Crippen LogP contribution in [-0.2, 0) is 11.3 Å². The van der Waals surface area contributed by atoms with Crippen LogP contribution in [-0.4, -0.2) is 54.7 Å². The summed E-state index contributed by atoms with van der Waals surface area (Å²) in [6, 6.07) is 10.0. The van der Waals surface area contributed by atoms with Crippen LogP contribution in [0.4, 0.5) is 4.79 Å². The van der Waals surface area contributed by atoms with Gasteiger partial charge in [-0.1, -0.05) is 30.3 Å². The highest BCUT2D eigenvalue weighted by atomic mass is 16.6. The van der Waals surface area contributed by atoms with E-state index < -0.39 is 0 Å². The third-order valence-corrected chi connectivity index (χ3v) is 3.91. The summed E-state index contributed by atoms with van der Waals surface area (Å²) in [7, 11) is 0. The van der Waals surface area contributed by atoms with Crippen molar-refractivity contribution in [1.82, 2.24) is 9.80 Å². The van der Waals surface area contributed by atoms with Gasteiger partial charge in [0.05, 0.1) is 0 Å². The molecule has 1 aliphatic heterocycles. The molecule has 1 aliphatic rings. The average Bonchev–Trinajstić information content (AvgIpc) is 2.96. The fraction of sp³-hybridized carbons (Fsp3) is 0.562. The number of hydrogen-bond donors (Lipinski definition) is 1. The van der Waals surface area contributed by atoms with E-state index in [9.17, 15) is 4.79 Å². The second kappa shape index (κ2) is 8.00. The van der Waals surface area contributed by atoms with Gasteiger partial charge in [0.15, 0.2) is 0 Å². The molecule has 1 saturated heterocycles. The zero-order valence-corrected chi connectivity index (χ0v) is 12.7. The zero-order valence-electron chi connectivity index (χ0n) is 12.7. The molecule has 116 valence electrons. The van der Waals surface area contributed by atoms with Gasteiger partial charge in [0, 0.05) is 38.8 Å². The van der Waals surface area contributed by atoms with Crippen molar-refractivity contribution in [2.45, 2.75) is 26.0 Å². The summed E-state index contributed by atoms with van der Waals surface area (Å²) in [5, 5.41) is 0. The van der Waals surface area contributed by atoms with Gasteiger partial charge in [0.25, 0.3) is 0 Å². The summed E-state index contributed by atoms with van der Waals surface area (Å²) in [6.07, 6.45) is 0.773. The van der Waals surface area contributed by atoms with Crippen molar-refractivity contribution in [3.63, 3.8) is 0 Å². The Morgan fingerprint density at radius 2 is 2.19 bits per heavy atom. The fourth-order valence-electron chi connectivity index (χ4n) is 2.79. The molecule has 21 heavy (non-hydrogen) atoms. The normalized spacial score (nSPS) is 18.7. The molecule has 0 radical (unpaired) electrons. The lowest BCUT2D eigenvalue weighted by molar-refractivity contribution is 0.0835. The first-order valence-corrected chi connectivity index (χ1v) is 7.64. The fourth-order valence-corrected chi connectivity index (χ4v) is 2.79. The van der Waals surface area contributed by atoms with Gasteiger partial charge in [0.2, 0.25) is 0 Å². The second-order valence-electron chi connectivity index (χ2n) is 5.36. The molecule has 1 aromatic carbocycles. The van der Waals surface area contributed by atoms with Crippen molar-refractivity contribution in [3.8, 4) is 0 Å². The predicted molar refractivity (Wildman–Crippen MR) is 82.9 cm³/mol. The second-order valence-corrected chi connectivity index (χ2v) is 5.36. The molecule has 0 bridgehead atoms. The zero-order chi connectivity index (χ0) is 15.1. The van der Waals surface area contributed by atoms with Gasteiger partial charge in [-0.3, -0.25) is 4.90 Å². The van der Waals surface area contributed by atoms with Gasteiger partial charge in [-0.25, -0.2) is 4.79 Å². The van der Waals surface area contributed by atoms with Crippen molar-refractivity contribution in [1.29, 1.82) is 0 Å². The minimum atomic E-state index is -0.221. The van der Waals surface area contributed by atoms with Crippen LogP contribution in [0.15, 0.2) is 30.3 Å². The summed E-state index contributed by atoms with van der Waals surface area (Å²) < 4.78 is 5.43. The van der Waals surface area contributed by atoms with Crippen LogP contribution in [0.5, 0.6) is 0 Å². The molecule has 0 aromatic heterocycles. The molecular weight excluding hydrogens is 266 g/mol. The van der Waals surface area contributed by atoms with Crippen LogP contribution in [0.1, 0.15) is 18.9 Å². The summed E-state index contributed by atoms with van der Waals surface area (Å²) in [5.41, 5.74) is 6.60. The Kier molecular flexibility index (Phi) is 6.02. The number of benzene rings is 1. The van der Waals surface area contributed by atoms with Crippen LogP contribution in [0.2, 0.25) is 0 Å². The van der Waals surface area contributed by atoms with Gasteiger partial charge in [0.1, 0.15) is 6.61 Å². The molecule has 1 fully saturated rings. The number of carbonyl (C=O) groups excluding carboxylic acids is 1. The van der Waals surface area contributed by atoms with Gasteiger partial charge in [-0.2, -0.15) is 0 Å². The number of nitrogens with zero attached hydrogens (tertiary/aromatic N) is 2. The van der Waals surface area contributed by atoms with E-state index in [4.69, 9.17) is 10.5 Å². The molecule has 5 heteroatoms. The van der Waals surface area contributed by atoms with Crippen LogP contribution in [0, 0.1) is 0 Å². The Morgan fingerprint density at radius 3 is 2.86 bits per heavy atom. The number of hydrogen-bond acceptors (Lipinski definition) is 4. The molecular formula is C16H25N3O2. The average molecular weight is 291 g/mol.